The molecule has 0 fully saturated rings. The van der Waals surface area contributed by atoms with E-state index >= 15 is 0 Å². The summed E-state index contributed by atoms with van der Waals surface area (Å²) < 4.78 is 27.7. The van der Waals surface area contributed by atoms with E-state index in [-0.39, 0.29) is 31.8 Å². The van der Waals surface area contributed by atoms with E-state index in [9.17, 15) is 18.4 Å². The highest BCUT2D eigenvalue weighted by atomic mass is 19.2. The van der Waals surface area contributed by atoms with Crippen LogP contribution in [0.4, 0.5) is 8.78 Å². The monoisotopic (exact) mass is 338 g/mol. The Balaban J connectivity index is 2.03. The molecule has 1 aromatic heterocycles. The minimum atomic E-state index is -1.05. The third kappa shape index (κ3) is 5.11. The molecule has 1 aromatic carbocycles. The van der Waals surface area contributed by atoms with Crippen molar-refractivity contribution in [3.05, 3.63) is 48.1 Å². The number of rotatable bonds is 8. The highest BCUT2D eigenvalue weighted by Gasteiger charge is 2.16. The van der Waals surface area contributed by atoms with Crippen LogP contribution in [-0.2, 0) is 22.7 Å². The van der Waals surface area contributed by atoms with Crippen molar-refractivity contribution in [3.63, 3.8) is 0 Å². The predicted molar refractivity (Wildman–Crippen MR) is 78.7 cm³/mol. The molecule has 1 amide bonds. The van der Waals surface area contributed by atoms with Crippen molar-refractivity contribution in [1.82, 2.24) is 19.7 Å². The zero-order chi connectivity index (χ0) is 17.5. The van der Waals surface area contributed by atoms with Gasteiger partial charge in [-0.15, -0.1) is 0 Å². The fraction of sp³-hybridized carbons (Fsp3) is 0.333. The summed E-state index contributed by atoms with van der Waals surface area (Å²) in [6.07, 6.45) is 2.66. The highest BCUT2D eigenvalue weighted by Crippen LogP contribution is 2.12. The van der Waals surface area contributed by atoms with Gasteiger partial charge in [-0.05, 0) is 17.7 Å². The maximum absolute atomic E-state index is 13.3. The van der Waals surface area contributed by atoms with Gasteiger partial charge in [0.25, 0.3) is 0 Å². The first-order chi connectivity index (χ1) is 11.5. The SMILES string of the molecule is O=C(O)CCN(Cc1ccc(F)c(F)c1)C(=O)CCn1cncn1. The zero-order valence-electron chi connectivity index (χ0n) is 12.7. The number of carboxylic acids is 1. The summed E-state index contributed by atoms with van der Waals surface area (Å²) in [5.41, 5.74) is 0.383. The lowest BCUT2D eigenvalue weighted by molar-refractivity contribution is -0.138. The smallest absolute Gasteiger partial charge is 0.305 e. The van der Waals surface area contributed by atoms with Gasteiger partial charge in [0.2, 0.25) is 5.91 Å². The van der Waals surface area contributed by atoms with E-state index in [1.807, 2.05) is 0 Å². The van der Waals surface area contributed by atoms with E-state index in [2.05, 4.69) is 10.1 Å². The van der Waals surface area contributed by atoms with Crippen LogP contribution in [0.15, 0.2) is 30.9 Å². The lowest BCUT2D eigenvalue weighted by atomic mass is 10.2. The van der Waals surface area contributed by atoms with Gasteiger partial charge in [-0.2, -0.15) is 5.10 Å². The summed E-state index contributed by atoms with van der Waals surface area (Å²) >= 11 is 0. The summed E-state index contributed by atoms with van der Waals surface area (Å²) in [5, 5.41) is 12.7. The number of carbonyl (C=O) groups excluding carboxylic acids is 1. The standard InChI is InChI=1S/C15H16F2N4O3/c16-12-2-1-11(7-13(12)17)8-20(5-4-15(23)24)14(22)3-6-21-10-18-9-19-21/h1-2,7,9-10H,3-6,8H2,(H,23,24). The molecular weight excluding hydrogens is 322 g/mol. The van der Waals surface area contributed by atoms with Crippen molar-refractivity contribution < 1.29 is 23.5 Å². The number of aryl methyl sites for hydroxylation is 1. The van der Waals surface area contributed by atoms with Crippen LogP contribution in [0.25, 0.3) is 0 Å². The summed E-state index contributed by atoms with van der Waals surface area (Å²) in [5.74, 6) is -3.35. The molecule has 9 heteroatoms. The fourth-order valence-corrected chi connectivity index (χ4v) is 2.10. The van der Waals surface area contributed by atoms with Gasteiger partial charge >= 0.3 is 5.97 Å². The van der Waals surface area contributed by atoms with Crippen molar-refractivity contribution in [3.8, 4) is 0 Å². The van der Waals surface area contributed by atoms with Crippen molar-refractivity contribution in [2.45, 2.75) is 25.9 Å². The molecule has 0 atom stereocenters. The number of benzene rings is 1. The molecule has 2 rings (SSSR count). The van der Waals surface area contributed by atoms with Crippen LogP contribution < -0.4 is 0 Å². The van der Waals surface area contributed by atoms with Crippen LogP contribution >= 0.6 is 0 Å². The lowest BCUT2D eigenvalue weighted by Gasteiger charge is -2.22. The maximum atomic E-state index is 13.3. The first-order valence-electron chi connectivity index (χ1n) is 7.21. The average molecular weight is 338 g/mol. The first-order valence-corrected chi connectivity index (χ1v) is 7.21. The number of aromatic nitrogens is 3. The van der Waals surface area contributed by atoms with Gasteiger partial charge in [-0.1, -0.05) is 6.07 Å². The van der Waals surface area contributed by atoms with Crippen LogP contribution in [0.1, 0.15) is 18.4 Å². The summed E-state index contributed by atoms with van der Waals surface area (Å²) in [4.78, 5) is 28.1. The lowest BCUT2D eigenvalue weighted by Crippen LogP contribution is -2.33. The Kier molecular flexibility index (Phi) is 5.94. The normalized spacial score (nSPS) is 10.6. The molecule has 0 aliphatic carbocycles. The van der Waals surface area contributed by atoms with Crippen molar-refractivity contribution in [2.75, 3.05) is 6.54 Å². The number of aliphatic carboxylic acids is 1. The molecule has 0 unspecified atom stereocenters. The van der Waals surface area contributed by atoms with Gasteiger partial charge in [-0.3, -0.25) is 14.3 Å². The topological polar surface area (TPSA) is 88.3 Å². The van der Waals surface area contributed by atoms with Crippen LogP contribution in [-0.4, -0.2) is 43.2 Å². The van der Waals surface area contributed by atoms with E-state index in [1.54, 1.807) is 0 Å². The Morgan fingerprint density at radius 1 is 1.21 bits per heavy atom. The quantitative estimate of drug-likeness (QED) is 0.787. The third-order valence-corrected chi connectivity index (χ3v) is 3.33. The number of amides is 1. The molecule has 0 saturated heterocycles. The zero-order valence-corrected chi connectivity index (χ0v) is 12.7. The second kappa shape index (κ2) is 8.14. The predicted octanol–water partition coefficient (Wildman–Crippen LogP) is 1.45. The largest absolute Gasteiger partial charge is 0.481 e. The molecule has 0 radical (unpaired) electrons. The average Bonchev–Trinajstić information content (AvgIpc) is 3.05. The van der Waals surface area contributed by atoms with E-state index in [1.165, 1.54) is 28.3 Å². The number of hydrogen-bond donors (Lipinski definition) is 1. The van der Waals surface area contributed by atoms with Gasteiger partial charge < -0.3 is 10.0 Å². The fourth-order valence-electron chi connectivity index (χ4n) is 2.10. The molecule has 0 saturated carbocycles. The Hall–Kier alpha value is -2.84. The van der Waals surface area contributed by atoms with Crippen LogP contribution in [0.3, 0.4) is 0 Å². The van der Waals surface area contributed by atoms with Gasteiger partial charge in [0.05, 0.1) is 13.0 Å². The van der Waals surface area contributed by atoms with Gasteiger partial charge in [0.15, 0.2) is 11.6 Å². The number of hydrogen-bond acceptors (Lipinski definition) is 4. The van der Waals surface area contributed by atoms with Crippen molar-refractivity contribution in [2.24, 2.45) is 0 Å². The van der Waals surface area contributed by atoms with Crippen molar-refractivity contribution in [1.29, 1.82) is 0 Å². The molecule has 0 aliphatic rings. The third-order valence-electron chi connectivity index (χ3n) is 3.33. The molecule has 0 bridgehead atoms. The Morgan fingerprint density at radius 2 is 2.00 bits per heavy atom. The van der Waals surface area contributed by atoms with Gasteiger partial charge in [-0.25, -0.2) is 13.8 Å². The van der Waals surface area contributed by atoms with Crippen LogP contribution in [0.2, 0.25) is 0 Å². The molecule has 2 aromatic rings. The summed E-state index contributed by atoms with van der Waals surface area (Å²) in [6, 6.07) is 3.32. The summed E-state index contributed by atoms with van der Waals surface area (Å²) in [7, 11) is 0. The highest BCUT2D eigenvalue weighted by molar-refractivity contribution is 5.77. The van der Waals surface area contributed by atoms with E-state index < -0.39 is 17.6 Å². The summed E-state index contributed by atoms with van der Waals surface area (Å²) in [6.45, 7) is 0.269. The molecule has 24 heavy (non-hydrogen) atoms. The molecule has 0 aliphatic heterocycles. The second-order valence-electron chi connectivity index (χ2n) is 5.12. The van der Waals surface area contributed by atoms with E-state index in [0.29, 0.717) is 12.1 Å². The second-order valence-corrected chi connectivity index (χ2v) is 5.12. The van der Waals surface area contributed by atoms with Crippen LogP contribution in [0, 0.1) is 11.6 Å². The Bertz CT molecular complexity index is 707. The minimum absolute atomic E-state index is 0.000665. The molecular formula is C15H16F2N4O3. The van der Waals surface area contributed by atoms with Gasteiger partial charge in [0.1, 0.15) is 12.7 Å². The van der Waals surface area contributed by atoms with E-state index in [4.69, 9.17) is 5.11 Å². The molecule has 128 valence electrons. The Morgan fingerprint density at radius 3 is 2.62 bits per heavy atom. The first kappa shape index (κ1) is 17.5. The molecule has 0 spiro atoms. The Labute approximate surface area is 136 Å². The number of halogens is 2. The number of carbonyl (C=O) groups is 2. The van der Waals surface area contributed by atoms with Gasteiger partial charge in [0, 0.05) is 19.5 Å². The van der Waals surface area contributed by atoms with Crippen LogP contribution in [0.5, 0.6) is 0 Å². The number of carboxylic acid groups (broad SMARTS) is 1. The maximum Gasteiger partial charge on any atom is 0.305 e. The molecule has 1 heterocycles. The van der Waals surface area contributed by atoms with E-state index in [0.717, 1.165) is 12.1 Å². The van der Waals surface area contributed by atoms with Crippen molar-refractivity contribution >= 4 is 11.9 Å². The molecule has 1 N–H and O–H groups in total. The minimum Gasteiger partial charge on any atom is -0.481 e. The number of nitrogens with zero attached hydrogens (tertiary/aromatic N) is 4. The molecule has 7 nitrogen and oxygen atoms in total.